The number of epoxide rings is 1. The van der Waals surface area contributed by atoms with E-state index >= 15 is 0 Å². The van der Waals surface area contributed by atoms with Gasteiger partial charge in [0.2, 0.25) is 0 Å². The van der Waals surface area contributed by atoms with Gasteiger partial charge in [-0.2, -0.15) is 0 Å². The van der Waals surface area contributed by atoms with E-state index in [-0.39, 0.29) is 0 Å². The summed E-state index contributed by atoms with van der Waals surface area (Å²) in [7, 11) is 0. The van der Waals surface area contributed by atoms with Crippen LogP contribution in [0.2, 0.25) is 0 Å². The minimum absolute atomic E-state index is 0.316. The van der Waals surface area contributed by atoms with Gasteiger partial charge in [-0.3, -0.25) is 0 Å². The number of ether oxygens (including phenoxy) is 2. The van der Waals surface area contributed by atoms with Crippen LogP contribution in [0, 0.1) is 0 Å². The molecule has 0 N–H and O–H groups in total. The lowest BCUT2D eigenvalue weighted by Gasteiger charge is -2.11. The highest BCUT2D eigenvalue weighted by Crippen LogP contribution is 2.29. The molecule has 1 atom stereocenters. The van der Waals surface area contributed by atoms with Crippen LogP contribution in [0.5, 0.6) is 0 Å². The summed E-state index contributed by atoms with van der Waals surface area (Å²) in [6, 6.07) is 19.3. The zero-order valence-corrected chi connectivity index (χ0v) is 11.2. The van der Waals surface area contributed by atoms with E-state index in [2.05, 4.69) is 54.6 Å². The van der Waals surface area contributed by atoms with Crippen LogP contribution >= 0.6 is 0 Å². The van der Waals surface area contributed by atoms with Crippen molar-refractivity contribution in [2.24, 2.45) is 0 Å². The van der Waals surface area contributed by atoms with Crippen molar-refractivity contribution in [3.63, 3.8) is 0 Å². The van der Waals surface area contributed by atoms with Crippen molar-refractivity contribution >= 4 is 21.5 Å². The maximum Gasteiger partial charge on any atom is 0.104 e. The maximum absolute atomic E-state index is 5.83. The second-order valence-corrected chi connectivity index (χ2v) is 5.27. The van der Waals surface area contributed by atoms with E-state index in [1.165, 1.54) is 27.1 Å². The van der Waals surface area contributed by atoms with Gasteiger partial charge in [-0.1, -0.05) is 48.5 Å². The summed E-state index contributed by atoms with van der Waals surface area (Å²) in [6.07, 6.45) is 0.316. The Bertz CT molecular complexity index is 706. The van der Waals surface area contributed by atoms with Crippen LogP contribution in [0.25, 0.3) is 21.5 Å². The van der Waals surface area contributed by atoms with Crippen molar-refractivity contribution in [1.29, 1.82) is 0 Å². The largest absolute Gasteiger partial charge is 0.374 e. The predicted molar refractivity (Wildman–Crippen MR) is 80.9 cm³/mol. The van der Waals surface area contributed by atoms with E-state index in [1.807, 2.05) is 0 Å². The van der Waals surface area contributed by atoms with Crippen LogP contribution in [0.4, 0.5) is 0 Å². The molecule has 4 rings (SSSR count). The van der Waals surface area contributed by atoms with Crippen molar-refractivity contribution in [3.05, 3.63) is 60.2 Å². The van der Waals surface area contributed by atoms with Gasteiger partial charge < -0.3 is 9.47 Å². The summed E-state index contributed by atoms with van der Waals surface area (Å²) in [5, 5.41) is 5.10. The van der Waals surface area contributed by atoms with Crippen LogP contribution in [0.15, 0.2) is 54.6 Å². The Morgan fingerprint density at radius 2 is 1.55 bits per heavy atom. The van der Waals surface area contributed by atoms with Gasteiger partial charge in [0.25, 0.3) is 0 Å². The Labute approximate surface area is 117 Å². The molecule has 100 valence electrons. The Balaban J connectivity index is 1.82. The average Bonchev–Trinajstić information content (AvgIpc) is 3.31. The zero-order valence-electron chi connectivity index (χ0n) is 11.2. The molecule has 0 aliphatic carbocycles. The summed E-state index contributed by atoms with van der Waals surface area (Å²) >= 11 is 0. The second-order valence-electron chi connectivity index (χ2n) is 5.27. The quantitative estimate of drug-likeness (QED) is 0.526. The third-order valence-electron chi connectivity index (χ3n) is 3.84. The first-order chi connectivity index (χ1) is 9.92. The third-order valence-corrected chi connectivity index (χ3v) is 3.84. The van der Waals surface area contributed by atoms with Crippen molar-refractivity contribution in [1.82, 2.24) is 0 Å². The molecule has 0 spiro atoms. The summed E-state index contributed by atoms with van der Waals surface area (Å²) in [5.41, 5.74) is 1.28. The Morgan fingerprint density at radius 1 is 0.950 bits per heavy atom. The van der Waals surface area contributed by atoms with Crippen LogP contribution in [0.3, 0.4) is 0 Å². The van der Waals surface area contributed by atoms with Gasteiger partial charge in [0.15, 0.2) is 0 Å². The summed E-state index contributed by atoms with van der Waals surface area (Å²) in [6.45, 7) is 2.18. The van der Waals surface area contributed by atoms with Gasteiger partial charge in [0, 0.05) is 0 Å². The van der Waals surface area contributed by atoms with E-state index in [4.69, 9.17) is 9.47 Å². The van der Waals surface area contributed by atoms with Crippen LogP contribution in [-0.4, -0.2) is 19.3 Å². The minimum atomic E-state index is 0.316. The topological polar surface area (TPSA) is 21.8 Å². The number of rotatable bonds is 4. The van der Waals surface area contributed by atoms with Gasteiger partial charge in [-0.25, -0.2) is 0 Å². The van der Waals surface area contributed by atoms with Crippen molar-refractivity contribution in [2.45, 2.75) is 12.7 Å². The Morgan fingerprint density at radius 3 is 2.15 bits per heavy atom. The molecule has 1 aliphatic heterocycles. The molecule has 1 saturated heterocycles. The molecular formula is C18H16O2. The molecule has 0 saturated carbocycles. The standard InChI is InChI=1S/C18H16O2/c1-3-7-16-13(5-1)9-14-6-2-4-8-17(14)18(16)12-19-10-15-11-20-15/h1-9,15H,10-12H2. The summed E-state index contributed by atoms with van der Waals surface area (Å²) in [4.78, 5) is 0. The lowest BCUT2D eigenvalue weighted by molar-refractivity contribution is 0.105. The first-order valence-corrected chi connectivity index (χ1v) is 7.00. The van der Waals surface area contributed by atoms with Crippen LogP contribution in [-0.2, 0) is 16.1 Å². The van der Waals surface area contributed by atoms with Crippen molar-refractivity contribution < 1.29 is 9.47 Å². The number of fused-ring (bicyclic) bond motifs is 2. The van der Waals surface area contributed by atoms with Gasteiger partial charge >= 0.3 is 0 Å². The van der Waals surface area contributed by atoms with Crippen LogP contribution in [0.1, 0.15) is 5.56 Å². The Kier molecular flexibility index (Phi) is 2.91. The van der Waals surface area contributed by atoms with E-state index in [1.54, 1.807) is 0 Å². The molecule has 0 bridgehead atoms. The molecule has 0 amide bonds. The molecule has 1 fully saturated rings. The van der Waals surface area contributed by atoms with Crippen LogP contribution < -0.4 is 0 Å². The lowest BCUT2D eigenvalue weighted by Crippen LogP contribution is -2.02. The average molecular weight is 264 g/mol. The first kappa shape index (κ1) is 11.9. The molecule has 2 heteroatoms. The molecule has 1 unspecified atom stereocenters. The molecular weight excluding hydrogens is 248 g/mol. The lowest BCUT2D eigenvalue weighted by atomic mass is 9.97. The van der Waals surface area contributed by atoms with E-state index in [9.17, 15) is 0 Å². The summed E-state index contributed by atoms with van der Waals surface area (Å²) in [5.74, 6) is 0. The first-order valence-electron chi connectivity index (χ1n) is 7.00. The minimum Gasteiger partial charge on any atom is -0.374 e. The van der Waals surface area contributed by atoms with Crippen molar-refractivity contribution in [3.8, 4) is 0 Å². The predicted octanol–water partition coefficient (Wildman–Crippen LogP) is 3.91. The zero-order chi connectivity index (χ0) is 13.4. The molecule has 0 aromatic heterocycles. The van der Waals surface area contributed by atoms with Crippen molar-refractivity contribution in [2.75, 3.05) is 13.2 Å². The van der Waals surface area contributed by atoms with E-state index in [0.717, 1.165) is 6.61 Å². The van der Waals surface area contributed by atoms with E-state index < -0.39 is 0 Å². The highest BCUT2D eigenvalue weighted by Gasteiger charge is 2.22. The molecule has 20 heavy (non-hydrogen) atoms. The fraction of sp³-hybridized carbons (Fsp3) is 0.222. The number of benzene rings is 3. The molecule has 3 aromatic carbocycles. The van der Waals surface area contributed by atoms with Gasteiger partial charge in [-0.15, -0.1) is 0 Å². The summed E-state index contributed by atoms with van der Waals surface area (Å²) < 4.78 is 11.0. The monoisotopic (exact) mass is 264 g/mol. The fourth-order valence-corrected chi connectivity index (χ4v) is 2.72. The number of hydrogen-bond donors (Lipinski definition) is 0. The molecule has 1 aliphatic rings. The maximum atomic E-state index is 5.83. The highest BCUT2D eigenvalue weighted by atomic mass is 16.6. The van der Waals surface area contributed by atoms with Gasteiger partial charge in [-0.05, 0) is 33.2 Å². The normalized spacial score (nSPS) is 17.7. The second kappa shape index (κ2) is 4.89. The van der Waals surface area contributed by atoms with Gasteiger partial charge in [0.1, 0.15) is 6.10 Å². The van der Waals surface area contributed by atoms with E-state index in [0.29, 0.717) is 19.3 Å². The smallest absolute Gasteiger partial charge is 0.104 e. The molecule has 3 aromatic rings. The molecule has 0 radical (unpaired) electrons. The SMILES string of the molecule is c1ccc2c(COCC3CO3)c3ccccc3cc2c1. The fourth-order valence-electron chi connectivity index (χ4n) is 2.72. The number of hydrogen-bond acceptors (Lipinski definition) is 2. The molecule has 2 nitrogen and oxygen atoms in total. The highest BCUT2D eigenvalue weighted by molar-refractivity contribution is 6.02. The third kappa shape index (κ3) is 2.17. The molecule has 1 heterocycles. The van der Waals surface area contributed by atoms with Gasteiger partial charge in [0.05, 0.1) is 19.8 Å². The Hall–Kier alpha value is -1.90.